The molecule has 0 aliphatic carbocycles. The number of alkyl halides is 3. The summed E-state index contributed by atoms with van der Waals surface area (Å²) in [7, 11) is 0. The van der Waals surface area contributed by atoms with Crippen LogP contribution in [0.1, 0.15) is 5.56 Å². The summed E-state index contributed by atoms with van der Waals surface area (Å²) in [5.41, 5.74) is -0.675. The predicted molar refractivity (Wildman–Crippen MR) is 62.8 cm³/mol. The summed E-state index contributed by atoms with van der Waals surface area (Å²) in [6, 6.07) is 3.89. The third kappa shape index (κ3) is 2.57. The SMILES string of the molecule is [C-]#[N+]c1ccc(N2CCNCC2)cc1C(F)(F)F. The van der Waals surface area contributed by atoms with Crippen molar-refractivity contribution in [1.29, 1.82) is 0 Å². The molecule has 0 amide bonds. The van der Waals surface area contributed by atoms with E-state index in [0.717, 1.165) is 19.2 Å². The van der Waals surface area contributed by atoms with Crippen molar-refractivity contribution in [2.75, 3.05) is 31.1 Å². The minimum Gasteiger partial charge on any atom is -0.369 e. The lowest BCUT2D eigenvalue weighted by molar-refractivity contribution is -0.136. The van der Waals surface area contributed by atoms with Crippen molar-refractivity contribution in [3.05, 3.63) is 35.2 Å². The van der Waals surface area contributed by atoms with Gasteiger partial charge in [-0.3, -0.25) is 0 Å². The molecular formula is C12H12F3N3. The lowest BCUT2D eigenvalue weighted by atomic mass is 10.1. The average Bonchev–Trinajstić information content (AvgIpc) is 2.38. The van der Waals surface area contributed by atoms with Crippen LogP contribution in [0.25, 0.3) is 4.85 Å². The van der Waals surface area contributed by atoms with Crippen LogP contribution < -0.4 is 10.2 Å². The molecule has 0 spiro atoms. The molecule has 0 aromatic heterocycles. The number of benzene rings is 1. The van der Waals surface area contributed by atoms with Crippen molar-refractivity contribution in [1.82, 2.24) is 5.32 Å². The first-order valence-electron chi connectivity index (χ1n) is 5.57. The highest BCUT2D eigenvalue weighted by Crippen LogP contribution is 2.38. The highest BCUT2D eigenvalue weighted by atomic mass is 19.4. The second-order valence-electron chi connectivity index (χ2n) is 4.05. The number of nitrogens with zero attached hydrogens (tertiary/aromatic N) is 2. The van der Waals surface area contributed by atoms with Gasteiger partial charge in [-0.1, -0.05) is 6.07 Å². The number of piperazine rings is 1. The van der Waals surface area contributed by atoms with Gasteiger partial charge in [0.25, 0.3) is 0 Å². The molecule has 0 unspecified atom stereocenters. The lowest BCUT2D eigenvalue weighted by Crippen LogP contribution is -2.43. The molecule has 3 nitrogen and oxygen atoms in total. The van der Waals surface area contributed by atoms with Crippen LogP contribution in [0.2, 0.25) is 0 Å². The number of halogens is 3. The first kappa shape index (κ1) is 12.7. The van der Waals surface area contributed by atoms with Gasteiger partial charge in [-0.25, -0.2) is 4.85 Å². The molecule has 1 fully saturated rings. The van der Waals surface area contributed by atoms with Crippen molar-refractivity contribution in [2.24, 2.45) is 0 Å². The Morgan fingerprint density at radius 3 is 2.44 bits per heavy atom. The van der Waals surface area contributed by atoms with E-state index in [9.17, 15) is 13.2 Å². The van der Waals surface area contributed by atoms with Crippen LogP contribution in [-0.4, -0.2) is 26.2 Å². The third-order valence-electron chi connectivity index (χ3n) is 2.89. The van der Waals surface area contributed by atoms with Crippen LogP contribution in [0, 0.1) is 6.57 Å². The van der Waals surface area contributed by atoms with Gasteiger partial charge < -0.3 is 10.2 Å². The van der Waals surface area contributed by atoms with Gasteiger partial charge in [-0.05, 0) is 12.1 Å². The summed E-state index contributed by atoms with van der Waals surface area (Å²) >= 11 is 0. The Bertz CT molecular complexity index is 470. The predicted octanol–water partition coefficient (Wildman–Crippen LogP) is 2.67. The maximum Gasteiger partial charge on any atom is 0.407 e. The number of nitrogens with one attached hydrogen (secondary N) is 1. The second kappa shape index (κ2) is 4.86. The van der Waals surface area contributed by atoms with Crippen LogP contribution in [-0.2, 0) is 6.18 Å². The minimum atomic E-state index is -4.48. The molecular weight excluding hydrogens is 243 g/mol. The average molecular weight is 255 g/mol. The molecule has 6 heteroatoms. The largest absolute Gasteiger partial charge is 0.407 e. The molecule has 0 bridgehead atoms. The molecule has 96 valence electrons. The van der Waals surface area contributed by atoms with Crippen LogP contribution in [0.4, 0.5) is 24.5 Å². The zero-order chi connectivity index (χ0) is 13.2. The summed E-state index contributed by atoms with van der Waals surface area (Å²) in [4.78, 5) is 4.81. The van der Waals surface area contributed by atoms with E-state index in [1.807, 2.05) is 4.90 Å². The maximum atomic E-state index is 12.8. The van der Waals surface area contributed by atoms with Gasteiger partial charge >= 0.3 is 6.18 Å². The number of anilines is 1. The number of hydrogen-bond acceptors (Lipinski definition) is 2. The smallest absolute Gasteiger partial charge is 0.369 e. The summed E-state index contributed by atoms with van der Waals surface area (Å²) in [5, 5.41) is 3.14. The molecule has 1 aromatic rings. The van der Waals surface area contributed by atoms with Crippen LogP contribution in [0.5, 0.6) is 0 Å². The Kier molecular flexibility index (Phi) is 3.43. The molecule has 2 rings (SSSR count). The Labute approximate surface area is 103 Å². The van der Waals surface area contributed by atoms with E-state index in [2.05, 4.69) is 10.2 Å². The summed E-state index contributed by atoms with van der Waals surface area (Å²) in [5.74, 6) is 0. The van der Waals surface area contributed by atoms with Gasteiger partial charge in [0.05, 0.1) is 12.1 Å². The van der Waals surface area contributed by atoms with Crippen molar-refractivity contribution in [3.8, 4) is 0 Å². The summed E-state index contributed by atoms with van der Waals surface area (Å²) in [6.07, 6.45) is -4.48. The number of rotatable bonds is 1. The molecule has 18 heavy (non-hydrogen) atoms. The van der Waals surface area contributed by atoms with E-state index < -0.39 is 11.7 Å². The molecule has 0 saturated carbocycles. The molecule has 1 N–H and O–H groups in total. The van der Waals surface area contributed by atoms with Gasteiger partial charge in [0.2, 0.25) is 0 Å². The number of hydrogen-bond donors (Lipinski definition) is 1. The van der Waals surface area contributed by atoms with E-state index in [4.69, 9.17) is 6.57 Å². The molecule has 1 aliphatic heterocycles. The third-order valence-corrected chi connectivity index (χ3v) is 2.89. The Balaban J connectivity index is 2.37. The van der Waals surface area contributed by atoms with E-state index in [1.54, 1.807) is 6.07 Å². The molecule has 1 aromatic carbocycles. The van der Waals surface area contributed by atoms with E-state index in [-0.39, 0.29) is 5.69 Å². The Hall–Kier alpha value is -1.74. The first-order chi connectivity index (χ1) is 8.52. The fraction of sp³-hybridized carbons (Fsp3) is 0.417. The summed E-state index contributed by atoms with van der Waals surface area (Å²) < 4.78 is 38.4. The zero-order valence-corrected chi connectivity index (χ0v) is 9.59. The van der Waals surface area contributed by atoms with Gasteiger partial charge in [0.15, 0.2) is 5.69 Å². The molecule has 0 radical (unpaired) electrons. The highest BCUT2D eigenvalue weighted by Gasteiger charge is 2.34. The topological polar surface area (TPSA) is 19.6 Å². The van der Waals surface area contributed by atoms with Gasteiger partial charge in [0.1, 0.15) is 0 Å². The maximum absolute atomic E-state index is 12.8. The van der Waals surface area contributed by atoms with Gasteiger partial charge in [-0.2, -0.15) is 13.2 Å². The monoisotopic (exact) mass is 255 g/mol. The quantitative estimate of drug-likeness (QED) is 0.778. The second-order valence-corrected chi connectivity index (χ2v) is 4.05. The van der Waals surface area contributed by atoms with E-state index >= 15 is 0 Å². The standard InChI is InChI=1S/C12H12F3N3/c1-16-11-3-2-9(8-10(11)12(13,14)15)18-6-4-17-5-7-18/h2-3,8,17H,4-7H2. The van der Waals surface area contributed by atoms with E-state index in [1.165, 1.54) is 6.07 Å². The van der Waals surface area contributed by atoms with Crippen LogP contribution in [0.3, 0.4) is 0 Å². The summed E-state index contributed by atoms with van der Waals surface area (Å²) in [6.45, 7) is 9.64. The molecule has 1 heterocycles. The zero-order valence-electron chi connectivity index (χ0n) is 9.59. The fourth-order valence-electron chi connectivity index (χ4n) is 1.97. The molecule has 1 aliphatic rings. The minimum absolute atomic E-state index is 0.346. The normalized spacial score (nSPS) is 16.4. The van der Waals surface area contributed by atoms with Crippen molar-refractivity contribution in [2.45, 2.75) is 6.18 Å². The Morgan fingerprint density at radius 2 is 1.89 bits per heavy atom. The van der Waals surface area contributed by atoms with Crippen molar-refractivity contribution >= 4 is 11.4 Å². The highest BCUT2D eigenvalue weighted by molar-refractivity contribution is 5.62. The lowest BCUT2D eigenvalue weighted by Gasteiger charge is -2.30. The van der Waals surface area contributed by atoms with Crippen LogP contribution in [0.15, 0.2) is 18.2 Å². The first-order valence-corrected chi connectivity index (χ1v) is 5.57. The van der Waals surface area contributed by atoms with Gasteiger partial charge in [0, 0.05) is 31.9 Å². The van der Waals surface area contributed by atoms with E-state index in [0.29, 0.717) is 18.8 Å². The van der Waals surface area contributed by atoms with Gasteiger partial charge in [-0.15, -0.1) is 0 Å². The molecule has 1 saturated heterocycles. The van der Waals surface area contributed by atoms with Crippen molar-refractivity contribution < 1.29 is 13.2 Å². The van der Waals surface area contributed by atoms with Crippen LogP contribution >= 0.6 is 0 Å². The van der Waals surface area contributed by atoms with Crippen molar-refractivity contribution in [3.63, 3.8) is 0 Å². The Morgan fingerprint density at radius 1 is 1.22 bits per heavy atom. The molecule has 0 atom stereocenters. The fourth-order valence-corrected chi connectivity index (χ4v) is 1.97.